The summed E-state index contributed by atoms with van der Waals surface area (Å²) in [5.41, 5.74) is 1.46. The molecule has 1 aromatic rings. The van der Waals surface area contributed by atoms with E-state index in [1.54, 1.807) is 0 Å². The summed E-state index contributed by atoms with van der Waals surface area (Å²) in [6, 6.07) is 8.23. The van der Waals surface area contributed by atoms with Gasteiger partial charge in [-0.05, 0) is 51.7 Å². The molecule has 2 fully saturated rings. The van der Waals surface area contributed by atoms with Crippen molar-refractivity contribution in [1.29, 1.82) is 0 Å². The first-order valence-corrected chi connectivity index (χ1v) is 8.52. The zero-order valence-corrected chi connectivity index (χ0v) is 15.2. The van der Waals surface area contributed by atoms with Gasteiger partial charge in [0.25, 0.3) is 0 Å². The minimum Gasteiger partial charge on any atom is -0.469 e. The van der Waals surface area contributed by atoms with Crippen LogP contribution in [0.5, 0.6) is 0 Å². The van der Waals surface area contributed by atoms with Gasteiger partial charge in [-0.25, -0.2) is 0 Å². The molecule has 0 spiro atoms. The molecule has 2 heterocycles. The topological polar surface area (TPSA) is 48.0 Å². The van der Waals surface area contributed by atoms with Gasteiger partial charge in [0.1, 0.15) is 0 Å². The molecule has 0 aliphatic carbocycles. The van der Waals surface area contributed by atoms with Gasteiger partial charge in [0.2, 0.25) is 0 Å². The molecular formula is C18H26BNO4. The van der Waals surface area contributed by atoms with Crippen LogP contribution in [0.25, 0.3) is 0 Å². The summed E-state index contributed by atoms with van der Waals surface area (Å²) in [6.45, 7) is 9.80. The molecular weight excluding hydrogens is 305 g/mol. The van der Waals surface area contributed by atoms with E-state index in [2.05, 4.69) is 44.7 Å². The zero-order valence-electron chi connectivity index (χ0n) is 15.2. The van der Waals surface area contributed by atoms with Crippen molar-refractivity contribution in [2.45, 2.75) is 45.3 Å². The van der Waals surface area contributed by atoms with Gasteiger partial charge >= 0.3 is 13.1 Å². The second-order valence-corrected chi connectivity index (χ2v) is 7.63. The first kappa shape index (κ1) is 17.3. The number of hydrogen-bond donors (Lipinski definition) is 0. The highest BCUT2D eigenvalue weighted by atomic mass is 16.7. The normalized spacial score (nSPS) is 25.1. The van der Waals surface area contributed by atoms with Crippen molar-refractivity contribution in [2.75, 3.05) is 25.1 Å². The van der Waals surface area contributed by atoms with E-state index in [1.807, 2.05) is 12.1 Å². The van der Waals surface area contributed by atoms with Crippen LogP contribution in [0.4, 0.5) is 5.69 Å². The van der Waals surface area contributed by atoms with Crippen LogP contribution in [-0.2, 0) is 18.8 Å². The van der Waals surface area contributed by atoms with Crippen LogP contribution >= 0.6 is 0 Å². The van der Waals surface area contributed by atoms with E-state index in [0.29, 0.717) is 6.54 Å². The third-order valence-electron chi connectivity index (χ3n) is 5.51. The largest absolute Gasteiger partial charge is 0.494 e. The number of hydrogen-bond acceptors (Lipinski definition) is 5. The molecule has 1 atom stereocenters. The number of anilines is 1. The van der Waals surface area contributed by atoms with Gasteiger partial charge in [0.05, 0.1) is 24.2 Å². The molecule has 1 unspecified atom stereocenters. The van der Waals surface area contributed by atoms with Crippen molar-refractivity contribution in [3.63, 3.8) is 0 Å². The molecule has 1 aromatic carbocycles. The summed E-state index contributed by atoms with van der Waals surface area (Å²) in [6.07, 6.45) is 0.839. The van der Waals surface area contributed by atoms with Crippen LogP contribution in [0.2, 0.25) is 0 Å². The Kier molecular flexibility index (Phi) is 4.38. The second-order valence-electron chi connectivity index (χ2n) is 7.63. The molecule has 0 bridgehead atoms. The summed E-state index contributed by atoms with van der Waals surface area (Å²) < 4.78 is 17.0. The standard InChI is InChI=1S/C18H26BNO4/c1-17(2)18(3,4)24-19(23-17)14-6-8-15(9-7-14)20-11-10-13(12-20)16(21)22-5/h6-9,13H,10-12H2,1-5H3. The highest BCUT2D eigenvalue weighted by Gasteiger charge is 2.51. The maximum absolute atomic E-state index is 11.7. The number of nitrogens with zero attached hydrogens (tertiary/aromatic N) is 1. The van der Waals surface area contributed by atoms with E-state index in [9.17, 15) is 4.79 Å². The Morgan fingerprint density at radius 1 is 1.17 bits per heavy atom. The Labute approximate surface area is 144 Å². The highest BCUT2D eigenvalue weighted by Crippen LogP contribution is 2.36. The Hall–Kier alpha value is -1.53. The predicted molar refractivity (Wildman–Crippen MR) is 94.5 cm³/mol. The van der Waals surface area contributed by atoms with Crippen LogP contribution in [-0.4, -0.2) is 44.5 Å². The van der Waals surface area contributed by atoms with Gasteiger partial charge in [-0.1, -0.05) is 12.1 Å². The van der Waals surface area contributed by atoms with Crippen LogP contribution < -0.4 is 10.4 Å². The number of rotatable bonds is 3. The highest BCUT2D eigenvalue weighted by molar-refractivity contribution is 6.62. The molecule has 0 N–H and O–H groups in total. The van der Waals surface area contributed by atoms with Crippen LogP contribution in [0.3, 0.4) is 0 Å². The fourth-order valence-electron chi connectivity index (χ4n) is 3.18. The van der Waals surface area contributed by atoms with Gasteiger partial charge in [0.15, 0.2) is 0 Å². The molecule has 5 nitrogen and oxygen atoms in total. The minimum absolute atomic E-state index is 0.0298. The first-order valence-electron chi connectivity index (χ1n) is 8.52. The zero-order chi connectivity index (χ0) is 17.5. The van der Waals surface area contributed by atoms with Gasteiger partial charge in [0, 0.05) is 18.8 Å². The van der Waals surface area contributed by atoms with Crippen molar-refractivity contribution < 1.29 is 18.8 Å². The molecule has 3 rings (SSSR count). The minimum atomic E-state index is -0.342. The van der Waals surface area contributed by atoms with Crippen molar-refractivity contribution >= 4 is 24.2 Å². The third kappa shape index (κ3) is 3.05. The molecule has 0 aromatic heterocycles. The number of methoxy groups -OCH3 is 1. The molecule has 130 valence electrons. The summed E-state index contributed by atoms with van der Waals surface area (Å²) in [7, 11) is 1.11. The summed E-state index contributed by atoms with van der Waals surface area (Å²) >= 11 is 0. The number of esters is 1. The van der Waals surface area contributed by atoms with Gasteiger partial charge < -0.3 is 18.9 Å². The molecule has 2 aliphatic heterocycles. The fraction of sp³-hybridized carbons (Fsp3) is 0.611. The van der Waals surface area contributed by atoms with E-state index in [4.69, 9.17) is 14.0 Å². The lowest BCUT2D eigenvalue weighted by Gasteiger charge is -2.32. The Balaban J connectivity index is 1.68. The predicted octanol–water partition coefficient (Wildman–Crippen LogP) is 1.99. The number of ether oxygens (including phenoxy) is 1. The van der Waals surface area contributed by atoms with Crippen LogP contribution in [0.1, 0.15) is 34.1 Å². The second kappa shape index (κ2) is 6.08. The Morgan fingerprint density at radius 3 is 2.29 bits per heavy atom. The molecule has 2 aliphatic rings. The van der Waals surface area contributed by atoms with E-state index < -0.39 is 0 Å². The van der Waals surface area contributed by atoms with E-state index in [1.165, 1.54) is 7.11 Å². The maximum Gasteiger partial charge on any atom is 0.494 e. The molecule has 6 heteroatoms. The number of carbonyl (C=O) groups excluding carboxylic acids is 1. The van der Waals surface area contributed by atoms with Crippen LogP contribution in [0, 0.1) is 5.92 Å². The maximum atomic E-state index is 11.7. The average Bonchev–Trinajstić information content (AvgIpc) is 3.10. The quantitative estimate of drug-likeness (QED) is 0.626. The first-order chi connectivity index (χ1) is 11.2. The summed E-state index contributed by atoms with van der Waals surface area (Å²) in [4.78, 5) is 13.9. The molecule has 0 saturated carbocycles. The lowest BCUT2D eigenvalue weighted by Crippen LogP contribution is -2.41. The van der Waals surface area contributed by atoms with E-state index in [0.717, 1.165) is 24.1 Å². The molecule has 0 radical (unpaired) electrons. The van der Waals surface area contributed by atoms with Crippen molar-refractivity contribution in [2.24, 2.45) is 5.92 Å². The van der Waals surface area contributed by atoms with Crippen molar-refractivity contribution in [1.82, 2.24) is 0 Å². The molecule has 2 saturated heterocycles. The van der Waals surface area contributed by atoms with E-state index >= 15 is 0 Å². The number of carbonyl (C=O) groups is 1. The SMILES string of the molecule is COC(=O)C1CCN(c2ccc(B3OC(C)(C)C(C)(C)O3)cc2)C1. The molecule has 24 heavy (non-hydrogen) atoms. The van der Waals surface area contributed by atoms with Crippen molar-refractivity contribution in [3.05, 3.63) is 24.3 Å². The lowest BCUT2D eigenvalue weighted by molar-refractivity contribution is -0.144. The number of benzene rings is 1. The fourth-order valence-corrected chi connectivity index (χ4v) is 3.18. The summed E-state index contributed by atoms with van der Waals surface area (Å²) in [5.74, 6) is -0.149. The van der Waals surface area contributed by atoms with Crippen LogP contribution in [0.15, 0.2) is 24.3 Å². The van der Waals surface area contributed by atoms with Gasteiger partial charge in [-0.3, -0.25) is 4.79 Å². The van der Waals surface area contributed by atoms with Gasteiger partial charge in [-0.15, -0.1) is 0 Å². The van der Waals surface area contributed by atoms with Gasteiger partial charge in [-0.2, -0.15) is 0 Å². The Bertz CT molecular complexity index is 598. The monoisotopic (exact) mass is 331 g/mol. The summed E-state index contributed by atoms with van der Waals surface area (Å²) in [5, 5.41) is 0. The Morgan fingerprint density at radius 2 is 1.75 bits per heavy atom. The third-order valence-corrected chi connectivity index (χ3v) is 5.51. The molecule has 0 amide bonds. The average molecular weight is 331 g/mol. The lowest BCUT2D eigenvalue weighted by atomic mass is 9.79. The smallest absolute Gasteiger partial charge is 0.469 e. The van der Waals surface area contributed by atoms with E-state index in [-0.39, 0.29) is 30.2 Å². The van der Waals surface area contributed by atoms with Crippen molar-refractivity contribution in [3.8, 4) is 0 Å².